The highest BCUT2D eigenvalue weighted by molar-refractivity contribution is 5.73. The molecule has 0 aliphatic carbocycles. The van der Waals surface area contributed by atoms with Gasteiger partial charge < -0.3 is 55.3 Å². The number of hydrogen-bond acceptors (Lipinski definition) is 11. The van der Waals surface area contributed by atoms with Gasteiger partial charge in [0.25, 0.3) is 0 Å². The summed E-state index contributed by atoms with van der Waals surface area (Å²) in [6, 6.07) is -1.28. The van der Waals surface area contributed by atoms with E-state index in [2.05, 4.69) is 5.32 Å². The first-order valence-corrected chi connectivity index (χ1v) is 8.06. The third-order valence-corrected chi connectivity index (χ3v) is 4.37. The zero-order valence-electron chi connectivity index (χ0n) is 14.0. The highest BCUT2D eigenvalue weighted by Gasteiger charge is 2.50. The van der Waals surface area contributed by atoms with Gasteiger partial charge in [-0.05, 0) is 0 Å². The average molecular weight is 383 g/mol. The fourth-order valence-electron chi connectivity index (χ4n) is 2.90. The van der Waals surface area contributed by atoms with Crippen LogP contribution in [0.4, 0.5) is 0 Å². The molecule has 8 N–H and O–H groups in total. The summed E-state index contributed by atoms with van der Waals surface area (Å²) in [6.45, 7) is -0.187. The molecular weight excluding hydrogens is 358 g/mol. The molecule has 0 aromatic carbocycles. The summed E-state index contributed by atoms with van der Waals surface area (Å²) in [4.78, 5) is 11.4. The average Bonchev–Trinajstić information content (AvgIpc) is 2.61. The molecule has 0 bridgehead atoms. The minimum absolute atomic E-state index is 0.574. The molecule has 0 spiro atoms. The lowest BCUT2D eigenvalue weighted by atomic mass is 9.96. The molecule has 0 saturated carbocycles. The van der Waals surface area contributed by atoms with Crippen LogP contribution in [-0.4, -0.2) is 116 Å². The molecule has 152 valence electrons. The highest BCUT2D eigenvalue weighted by Crippen LogP contribution is 2.28. The van der Waals surface area contributed by atoms with Crippen LogP contribution in [0.15, 0.2) is 0 Å². The summed E-state index contributed by atoms with van der Waals surface area (Å²) in [5.74, 6) is -0.574. The SMILES string of the molecule is CC(=O)N[C@H]1C(O[C@@H]2O[C@H](CO)[C@H](O)[C@H](O)[C@H]2O)O[C@H](CO)[C@H](O)[C@@H]1O. The van der Waals surface area contributed by atoms with Crippen LogP contribution in [0, 0.1) is 0 Å². The number of aliphatic hydroxyl groups is 7. The minimum Gasteiger partial charge on any atom is -0.394 e. The van der Waals surface area contributed by atoms with Crippen LogP contribution < -0.4 is 5.32 Å². The van der Waals surface area contributed by atoms with Gasteiger partial charge in [0.1, 0.15) is 48.8 Å². The Labute approximate surface area is 148 Å². The van der Waals surface area contributed by atoms with Gasteiger partial charge in [0, 0.05) is 6.92 Å². The molecule has 1 amide bonds. The van der Waals surface area contributed by atoms with Crippen molar-refractivity contribution < 1.29 is 54.8 Å². The van der Waals surface area contributed by atoms with Crippen LogP contribution in [0.1, 0.15) is 6.92 Å². The monoisotopic (exact) mass is 383 g/mol. The van der Waals surface area contributed by atoms with E-state index < -0.39 is 80.5 Å². The smallest absolute Gasteiger partial charge is 0.217 e. The van der Waals surface area contributed by atoms with Gasteiger partial charge >= 0.3 is 0 Å². The van der Waals surface area contributed by atoms with Crippen molar-refractivity contribution in [2.45, 2.75) is 68.3 Å². The van der Waals surface area contributed by atoms with Crippen molar-refractivity contribution in [1.82, 2.24) is 5.32 Å². The fourth-order valence-corrected chi connectivity index (χ4v) is 2.90. The molecule has 2 fully saturated rings. The van der Waals surface area contributed by atoms with E-state index in [1.54, 1.807) is 0 Å². The summed E-state index contributed by atoms with van der Waals surface area (Å²) in [7, 11) is 0. The standard InChI is InChI=1S/C14H25NO11/c1-4(18)15-7-10(21)8(19)5(2-16)24-13(7)26-14-12(23)11(22)9(20)6(3-17)25-14/h5-14,16-17,19-23H,2-3H2,1H3,(H,15,18)/t5-,6-,7-,8+,9+,10-,11+,12-,13?,14+/m1/s1. The van der Waals surface area contributed by atoms with Gasteiger partial charge in [-0.1, -0.05) is 0 Å². The molecule has 1 unspecified atom stereocenters. The number of rotatable bonds is 5. The molecule has 2 rings (SSSR count). The van der Waals surface area contributed by atoms with Crippen molar-refractivity contribution >= 4 is 5.91 Å². The van der Waals surface area contributed by atoms with Crippen LogP contribution in [0.25, 0.3) is 0 Å². The Morgan fingerprint density at radius 1 is 0.846 bits per heavy atom. The second kappa shape index (κ2) is 8.84. The quantitative estimate of drug-likeness (QED) is 0.226. The van der Waals surface area contributed by atoms with Crippen LogP contribution in [0.2, 0.25) is 0 Å². The Morgan fingerprint density at radius 2 is 1.35 bits per heavy atom. The summed E-state index contributed by atoms with van der Waals surface area (Å²) in [5, 5.41) is 70.4. The third kappa shape index (κ3) is 4.31. The van der Waals surface area contributed by atoms with E-state index in [1.807, 2.05) is 0 Å². The first-order chi connectivity index (χ1) is 12.2. The van der Waals surface area contributed by atoms with Crippen LogP contribution in [-0.2, 0) is 19.0 Å². The number of hydrogen-bond donors (Lipinski definition) is 8. The summed E-state index contributed by atoms with van der Waals surface area (Å²) in [5.41, 5.74) is 0. The summed E-state index contributed by atoms with van der Waals surface area (Å²) >= 11 is 0. The molecule has 10 atom stereocenters. The van der Waals surface area contributed by atoms with Gasteiger partial charge in [-0.3, -0.25) is 4.79 Å². The number of carbonyl (C=O) groups is 1. The Hall–Kier alpha value is -0.930. The second-order valence-electron chi connectivity index (χ2n) is 6.27. The van der Waals surface area contributed by atoms with Gasteiger partial charge in [-0.15, -0.1) is 0 Å². The molecular formula is C14H25NO11. The topological polar surface area (TPSA) is 198 Å². The zero-order valence-corrected chi connectivity index (χ0v) is 14.0. The third-order valence-electron chi connectivity index (χ3n) is 4.37. The maximum atomic E-state index is 11.4. The van der Waals surface area contributed by atoms with E-state index in [-0.39, 0.29) is 0 Å². The molecule has 26 heavy (non-hydrogen) atoms. The van der Waals surface area contributed by atoms with Crippen molar-refractivity contribution in [3.05, 3.63) is 0 Å². The molecule has 2 saturated heterocycles. The molecule has 0 aromatic heterocycles. The van der Waals surface area contributed by atoms with Gasteiger partial charge in [0.05, 0.1) is 13.2 Å². The lowest BCUT2D eigenvalue weighted by Crippen LogP contribution is -2.67. The molecule has 0 aromatic rings. The molecule has 2 aliphatic heterocycles. The van der Waals surface area contributed by atoms with E-state index in [1.165, 1.54) is 0 Å². The van der Waals surface area contributed by atoms with Crippen molar-refractivity contribution in [2.24, 2.45) is 0 Å². The molecule has 2 aliphatic rings. The molecule has 2 heterocycles. The molecule has 12 heteroatoms. The Morgan fingerprint density at radius 3 is 1.85 bits per heavy atom. The van der Waals surface area contributed by atoms with E-state index in [0.717, 1.165) is 6.92 Å². The Bertz CT molecular complexity index is 478. The minimum atomic E-state index is -1.73. The fraction of sp³-hybridized carbons (Fsp3) is 0.929. The van der Waals surface area contributed by atoms with Gasteiger partial charge in [0.2, 0.25) is 5.91 Å². The molecule has 0 radical (unpaired) electrons. The van der Waals surface area contributed by atoms with E-state index in [9.17, 15) is 40.5 Å². The second-order valence-corrected chi connectivity index (χ2v) is 6.27. The van der Waals surface area contributed by atoms with Crippen molar-refractivity contribution in [1.29, 1.82) is 0 Å². The lowest BCUT2D eigenvalue weighted by molar-refractivity contribution is -0.363. The van der Waals surface area contributed by atoms with Crippen molar-refractivity contribution in [2.75, 3.05) is 13.2 Å². The van der Waals surface area contributed by atoms with Crippen molar-refractivity contribution in [3.63, 3.8) is 0 Å². The number of carbonyl (C=O) groups excluding carboxylic acids is 1. The van der Waals surface area contributed by atoms with Crippen LogP contribution in [0.5, 0.6) is 0 Å². The number of aliphatic hydroxyl groups excluding tert-OH is 7. The van der Waals surface area contributed by atoms with E-state index in [0.29, 0.717) is 0 Å². The van der Waals surface area contributed by atoms with E-state index >= 15 is 0 Å². The van der Waals surface area contributed by atoms with Crippen LogP contribution in [0.3, 0.4) is 0 Å². The predicted molar refractivity (Wildman–Crippen MR) is 80.2 cm³/mol. The van der Waals surface area contributed by atoms with Crippen molar-refractivity contribution in [3.8, 4) is 0 Å². The van der Waals surface area contributed by atoms with E-state index in [4.69, 9.17) is 14.2 Å². The number of ether oxygens (including phenoxy) is 3. The molecule has 12 nitrogen and oxygen atoms in total. The Kier molecular flexibility index (Phi) is 7.27. The first-order valence-electron chi connectivity index (χ1n) is 8.06. The normalized spacial score (nSPS) is 46.8. The highest BCUT2D eigenvalue weighted by atomic mass is 16.8. The summed E-state index contributed by atoms with van der Waals surface area (Å²) < 4.78 is 15.9. The Balaban J connectivity index is 2.18. The predicted octanol–water partition coefficient (Wildman–Crippen LogP) is -5.25. The zero-order chi connectivity index (χ0) is 19.6. The summed E-state index contributed by atoms with van der Waals surface area (Å²) in [6.07, 6.45) is -13.7. The maximum Gasteiger partial charge on any atom is 0.217 e. The van der Waals surface area contributed by atoms with Gasteiger partial charge in [-0.25, -0.2) is 0 Å². The lowest BCUT2D eigenvalue weighted by Gasteiger charge is -2.45. The van der Waals surface area contributed by atoms with Gasteiger partial charge in [0.15, 0.2) is 12.6 Å². The largest absolute Gasteiger partial charge is 0.394 e. The maximum absolute atomic E-state index is 11.4. The number of nitrogens with one attached hydrogen (secondary N) is 1. The van der Waals surface area contributed by atoms with Gasteiger partial charge in [-0.2, -0.15) is 0 Å². The van der Waals surface area contributed by atoms with Crippen LogP contribution >= 0.6 is 0 Å². The number of amides is 1. The first kappa shape index (κ1) is 21.4.